The molecule has 1 amide bonds. The molecule has 0 saturated heterocycles. The van der Waals surface area contributed by atoms with Gasteiger partial charge in [-0.3, -0.25) is 9.78 Å². The van der Waals surface area contributed by atoms with E-state index in [1.165, 1.54) is 0 Å². The first-order valence-electron chi connectivity index (χ1n) is 8.05. The predicted molar refractivity (Wildman–Crippen MR) is 86.3 cm³/mol. The summed E-state index contributed by atoms with van der Waals surface area (Å²) in [5.41, 5.74) is 1.20. The maximum Gasteiger partial charge on any atom is 0.272 e. The summed E-state index contributed by atoms with van der Waals surface area (Å²) in [5, 5.41) is 14.2. The normalized spacial score (nSPS) is 21.1. The first-order valence-corrected chi connectivity index (χ1v) is 8.05. The topological polar surface area (TPSA) is 71.2 Å². The molecule has 23 heavy (non-hydrogen) atoms. The summed E-state index contributed by atoms with van der Waals surface area (Å²) in [6.07, 6.45) is 8.83. The Balaban J connectivity index is 1.71. The van der Waals surface area contributed by atoms with E-state index in [2.05, 4.69) is 10.1 Å². The first kappa shape index (κ1) is 15.7. The predicted octanol–water partition coefficient (Wildman–Crippen LogP) is 1.89. The number of hydrogen-bond donors (Lipinski definition) is 1. The van der Waals surface area contributed by atoms with E-state index in [1.807, 2.05) is 18.3 Å². The number of pyridine rings is 1. The van der Waals surface area contributed by atoms with Gasteiger partial charge in [-0.05, 0) is 31.0 Å². The number of carbonyl (C=O) groups is 1. The van der Waals surface area contributed by atoms with Crippen LogP contribution in [0, 0.1) is 5.92 Å². The number of nitrogens with zero attached hydrogens (tertiary/aromatic N) is 4. The zero-order valence-corrected chi connectivity index (χ0v) is 13.3. The van der Waals surface area contributed by atoms with Crippen molar-refractivity contribution in [2.75, 3.05) is 13.6 Å². The van der Waals surface area contributed by atoms with Gasteiger partial charge in [-0.2, -0.15) is 5.10 Å². The average molecular weight is 314 g/mol. The highest BCUT2D eigenvalue weighted by Gasteiger charge is 2.26. The van der Waals surface area contributed by atoms with Gasteiger partial charge in [0.2, 0.25) is 0 Å². The van der Waals surface area contributed by atoms with E-state index < -0.39 is 0 Å². The second kappa shape index (κ2) is 6.91. The van der Waals surface area contributed by atoms with Gasteiger partial charge in [-0.25, -0.2) is 4.68 Å². The maximum absolute atomic E-state index is 12.6. The molecule has 1 N–H and O–H groups in total. The third-order valence-corrected chi connectivity index (χ3v) is 4.46. The minimum Gasteiger partial charge on any atom is -0.393 e. The van der Waals surface area contributed by atoms with Crippen LogP contribution in [-0.4, -0.2) is 50.4 Å². The Morgan fingerprint density at radius 1 is 1.39 bits per heavy atom. The molecule has 2 unspecified atom stereocenters. The van der Waals surface area contributed by atoms with Crippen molar-refractivity contribution in [1.29, 1.82) is 0 Å². The van der Waals surface area contributed by atoms with Gasteiger partial charge in [-0.15, -0.1) is 0 Å². The number of aliphatic hydroxyl groups excluding tert-OH is 1. The van der Waals surface area contributed by atoms with Crippen LogP contribution in [0.3, 0.4) is 0 Å². The largest absolute Gasteiger partial charge is 0.393 e. The lowest BCUT2D eigenvalue weighted by atomic mass is 9.86. The van der Waals surface area contributed by atoms with Gasteiger partial charge in [0.1, 0.15) is 5.69 Å². The van der Waals surface area contributed by atoms with Crippen molar-refractivity contribution in [2.45, 2.75) is 31.8 Å². The number of carbonyl (C=O) groups excluding carboxylic acids is 1. The van der Waals surface area contributed by atoms with Crippen molar-refractivity contribution < 1.29 is 9.90 Å². The molecule has 0 radical (unpaired) electrons. The lowest BCUT2D eigenvalue weighted by Crippen LogP contribution is -2.38. The zero-order chi connectivity index (χ0) is 16.2. The number of aliphatic hydroxyl groups is 1. The van der Waals surface area contributed by atoms with Crippen molar-refractivity contribution in [1.82, 2.24) is 19.7 Å². The first-order chi connectivity index (χ1) is 11.1. The number of hydrogen-bond acceptors (Lipinski definition) is 4. The van der Waals surface area contributed by atoms with E-state index in [0.717, 1.165) is 31.4 Å². The van der Waals surface area contributed by atoms with Crippen LogP contribution < -0.4 is 0 Å². The molecule has 0 spiro atoms. The molecule has 2 aromatic heterocycles. The van der Waals surface area contributed by atoms with Crippen LogP contribution in [0.25, 0.3) is 5.69 Å². The molecule has 2 heterocycles. The fraction of sp³-hybridized carbons (Fsp3) is 0.471. The summed E-state index contributed by atoms with van der Waals surface area (Å²) in [7, 11) is 1.77. The van der Waals surface area contributed by atoms with E-state index in [9.17, 15) is 9.90 Å². The molecule has 122 valence electrons. The maximum atomic E-state index is 12.6. The summed E-state index contributed by atoms with van der Waals surface area (Å²) < 4.78 is 1.70. The Labute approximate surface area is 135 Å². The highest BCUT2D eigenvalue weighted by atomic mass is 16.3. The zero-order valence-electron chi connectivity index (χ0n) is 13.3. The molecule has 0 aliphatic heterocycles. The van der Waals surface area contributed by atoms with Crippen molar-refractivity contribution >= 4 is 5.91 Å². The minimum absolute atomic E-state index is 0.128. The monoisotopic (exact) mass is 314 g/mol. The summed E-state index contributed by atoms with van der Waals surface area (Å²) in [6.45, 7) is 0.563. The molecule has 6 heteroatoms. The van der Waals surface area contributed by atoms with Crippen LogP contribution in [-0.2, 0) is 0 Å². The van der Waals surface area contributed by atoms with Crippen LogP contribution >= 0.6 is 0 Å². The average Bonchev–Trinajstić information content (AvgIpc) is 3.11. The molecular formula is C17H22N4O2. The van der Waals surface area contributed by atoms with Crippen molar-refractivity contribution in [3.8, 4) is 5.69 Å². The minimum atomic E-state index is -0.303. The summed E-state index contributed by atoms with van der Waals surface area (Å²) in [4.78, 5) is 18.4. The van der Waals surface area contributed by atoms with E-state index in [1.54, 1.807) is 35.1 Å². The van der Waals surface area contributed by atoms with Gasteiger partial charge in [0.15, 0.2) is 0 Å². The Morgan fingerprint density at radius 2 is 2.22 bits per heavy atom. The highest BCUT2D eigenvalue weighted by Crippen LogP contribution is 2.25. The third-order valence-electron chi connectivity index (χ3n) is 4.46. The van der Waals surface area contributed by atoms with Gasteiger partial charge in [0, 0.05) is 38.1 Å². The second-order valence-electron chi connectivity index (χ2n) is 6.15. The van der Waals surface area contributed by atoms with Gasteiger partial charge < -0.3 is 10.0 Å². The van der Waals surface area contributed by atoms with Gasteiger partial charge in [-0.1, -0.05) is 12.8 Å². The fourth-order valence-corrected chi connectivity index (χ4v) is 3.13. The fourth-order valence-electron chi connectivity index (χ4n) is 3.13. The second-order valence-corrected chi connectivity index (χ2v) is 6.15. The number of aromatic nitrogens is 3. The van der Waals surface area contributed by atoms with Crippen LogP contribution in [0.2, 0.25) is 0 Å². The molecule has 2 aromatic rings. The molecule has 1 saturated carbocycles. The number of rotatable bonds is 4. The van der Waals surface area contributed by atoms with Gasteiger partial charge in [0.25, 0.3) is 5.91 Å². The van der Waals surface area contributed by atoms with Gasteiger partial charge >= 0.3 is 0 Å². The summed E-state index contributed by atoms with van der Waals surface area (Å²) in [5.74, 6) is 0.0313. The van der Waals surface area contributed by atoms with Crippen molar-refractivity contribution in [2.24, 2.45) is 5.92 Å². The molecule has 6 nitrogen and oxygen atoms in total. The highest BCUT2D eigenvalue weighted by molar-refractivity contribution is 5.92. The molecular weight excluding hydrogens is 292 g/mol. The molecule has 0 aromatic carbocycles. The van der Waals surface area contributed by atoms with E-state index in [4.69, 9.17) is 0 Å². The Hall–Kier alpha value is -2.21. The SMILES string of the molecule is CN(CC1CCCCC1O)C(=O)c1cc(-n2cccn2)ccn1. The molecule has 2 atom stereocenters. The lowest BCUT2D eigenvalue weighted by Gasteiger charge is -2.31. The van der Waals surface area contributed by atoms with Crippen molar-refractivity contribution in [3.63, 3.8) is 0 Å². The Bertz CT molecular complexity index is 656. The Morgan fingerprint density at radius 3 is 2.96 bits per heavy atom. The standard InChI is InChI=1S/C17H22N4O2/c1-20(12-13-5-2-3-6-16(13)22)17(23)15-11-14(7-9-18-15)21-10-4-8-19-21/h4,7-11,13,16,22H,2-3,5-6,12H2,1H3. The molecule has 1 aliphatic carbocycles. The van der Waals surface area contributed by atoms with E-state index in [-0.39, 0.29) is 17.9 Å². The van der Waals surface area contributed by atoms with Crippen LogP contribution in [0.4, 0.5) is 0 Å². The number of amides is 1. The molecule has 3 rings (SSSR count). The lowest BCUT2D eigenvalue weighted by molar-refractivity contribution is 0.0448. The van der Waals surface area contributed by atoms with Crippen LogP contribution in [0.1, 0.15) is 36.2 Å². The van der Waals surface area contributed by atoms with E-state index in [0.29, 0.717) is 12.2 Å². The third kappa shape index (κ3) is 3.59. The van der Waals surface area contributed by atoms with Crippen molar-refractivity contribution in [3.05, 3.63) is 42.5 Å². The smallest absolute Gasteiger partial charge is 0.272 e. The summed E-state index contributed by atoms with van der Waals surface area (Å²) in [6, 6.07) is 5.39. The van der Waals surface area contributed by atoms with Crippen LogP contribution in [0.15, 0.2) is 36.8 Å². The summed E-state index contributed by atoms with van der Waals surface area (Å²) >= 11 is 0. The Kier molecular flexibility index (Phi) is 4.71. The van der Waals surface area contributed by atoms with E-state index >= 15 is 0 Å². The molecule has 1 fully saturated rings. The van der Waals surface area contributed by atoms with Crippen LogP contribution in [0.5, 0.6) is 0 Å². The molecule has 1 aliphatic rings. The molecule has 0 bridgehead atoms. The quantitative estimate of drug-likeness (QED) is 0.935. The van der Waals surface area contributed by atoms with Gasteiger partial charge in [0.05, 0.1) is 11.8 Å².